The Hall–Kier alpha value is -1.72. The van der Waals surface area contributed by atoms with Crippen LogP contribution in [-0.4, -0.2) is 40.3 Å². The van der Waals surface area contributed by atoms with E-state index in [9.17, 15) is 19.8 Å². The van der Waals surface area contributed by atoms with Crippen LogP contribution in [-0.2, 0) is 14.3 Å². The molecule has 5 nitrogen and oxygen atoms in total. The molecule has 8 atom stereocenters. The maximum Gasteiger partial charge on any atom is 0.336 e. The van der Waals surface area contributed by atoms with Crippen LogP contribution in [0.4, 0.5) is 0 Å². The molecule has 2 saturated carbocycles. The van der Waals surface area contributed by atoms with Gasteiger partial charge in [0, 0.05) is 12.3 Å². The smallest absolute Gasteiger partial charge is 0.336 e. The molecule has 5 rings (SSSR count). The predicted octanol–water partition coefficient (Wildman–Crippen LogP) is 4.29. The third kappa shape index (κ3) is 2.97. The van der Waals surface area contributed by atoms with E-state index >= 15 is 0 Å². The minimum absolute atomic E-state index is 0.201. The van der Waals surface area contributed by atoms with Crippen LogP contribution in [0.5, 0.6) is 0 Å². The Balaban J connectivity index is 1.44. The van der Waals surface area contributed by atoms with Crippen molar-refractivity contribution in [3.63, 3.8) is 0 Å². The standard InChI is InChI=1S/C28H38O5/c1-16-14-23(33-25(31)20(16)15-29)17(2)28(32)13-11-21-19-9-8-18-6-5-7-24(30)27(18,4)22(19)10-12-26(21,28)3/h5,7-8,17,19,21-23,29,32H,6,9-15H2,1-4H3. The van der Waals surface area contributed by atoms with Crippen LogP contribution in [0.3, 0.4) is 0 Å². The van der Waals surface area contributed by atoms with Crippen molar-refractivity contribution in [2.75, 3.05) is 6.61 Å². The van der Waals surface area contributed by atoms with Crippen LogP contribution in [0.2, 0.25) is 0 Å². The summed E-state index contributed by atoms with van der Waals surface area (Å²) in [4.78, 5) is 25.5. The first kappa shape index (κ1) is 23.0. The molecule has 0 bridgehead atoms. The summed E-state index contributed by atoms with van der Waals surface area (Å²) in [5, 5.41) is 21.8. The van der Waals surface area contributed by atoms with E-state index in [0.717, 1.165) is 37.7 Å². The second-order valence-corrected chi connectivity index (χ2v) is 11.8. The van der Waals surface area contributed by atoms with Crippen molar-refractivity contribution in [1.29, 1.82) is 0 Å². The normalized spacial score (nSPS) is 45.7. The van der Waals surface area contributed by atoms with Crippen molar-refractivity contribution in [3.8, 4) is 0 Å². The van der Waals surface area contributed by atoms with Crippen LogP contribution in [0.25, 0.3) is 0 Å². The highest BCUT2D eigenvalue weighted by Crippen LogP contribution is 2.68. The summed E-state index contributed by atoms with van der Waals surface area (Å²) in [7, 11) is 0. The van der Waals surface area contributed by atoms with Crippen molar-refractivity contribution < 1.29 is 24.5 Å². The molecular weight excluding hydrogens is 416 g/mol. The molecule has 2 fully saturated rings. The van der Waals surface area contributed by atoms with E-state index in [2.05, 4.69) is 19.9 Å². The monoisotopic (exact) mass is 454 g/mol. The quantitative estimate of drug-likeness (QED) is 0.491. The summed E-state index contributed by atoms with van der Waals surface area (Å²) in [5.41, 5.74) is 0.908. The fraction of sp³-hybridized carbons (Fsp3) is 0.714. The van der Waals surface area contributed by atoms with E-state index in [1.165, 1.54) is 5.57 Å². The topological polar surface area (TPSA) is 83.8 Å². The first-order valence-electron chi connectivity index (χ1n) is 12.7. The number of allylic oxidation sites excluding steroid dienone is 4. The number of cyclic esters (lactones) is 1. The summed E-state index contributed by atoms with van der Waals surface area (Å²) >= 11 is 0. The van der Waals surface area contributed by atoms with E-state index in [4.69, 9.17) is 4.74 Å². The first-order valence-corrected chi connectivity index (χ1v) is 12.7. The molecule has 0 aromatic carbocycles. The molecule has 0 aromatic heterocycles. The minimum atomic E-state index is -0.925. The number of hydrogen-bond donors (Lipinski definition) is 2. The van der Waals surface area contributed by atoms with Gasteiger partial charge in [-0.15, -0.1) is 0 Å². The van der Waals surface area contributed by atoms with Crippen molar-refractivity contribution >= 4 is 11.8 Å². The maximum atomic E-state index is 13.1. The number of fused-ring (bicyclic) bond motifs is 5. The van der Waals surface area contributed by atoms with Gasteiger partial charge >= 0.3 is 5.97 Å². The number of ketones is 1. The second kappa shape index (κ2) is 7.64. The van der Waals surface area contributed by atoms with Crippen LogP contribution in [0.15, 0.2) is 34.9 Å². The Bertz CT molecular complexity index is 975. The lowest BCUT2D eigenvalue weighted by Crippen LogP contribution is -2.59. The van der Waals surface area contributed by atoms with Crippen molar-refractivity contribution in [2.45, 2.75) is 84.3 Å². The summed E-state index contributed by atoms with van der Waals surface area (Å²) in [6.07, 6.45) is 11.6. The fourth-order valence-electron chi connectivity index (χ4n) is 8.60. The number of carbonyl (C=O) groups excluding carboxylic acids is 2. The second-order valence-electron chi connectivity index (χ2n) is 11.8. The van der Waals surface area contributed by atoms with Crippen LogP contribution < -0.4 is 0 Å². The first-order chi connectivity index (χ1) is 15.6. The highest BCUT2D eigenvalue weighted by Gasteiger charge is 2.66. The molecule has 0 spiro atoms. The van der Waals surface area contributed by atoms with Gasteiger partial charge in [0.1, 0.15) is 6.10 Å². The van der Waals surface area contributed by atoms with E-state index in [0.29, 0.717) is 36.2 Å². The molecule has 0 amide bonds. The third-order valence-corrected chi connectivity index (χ3v) is 10.8. The Morgan fingerprint density at radius 1 is 1.18 bits per heavy atom. The van der Waals surface area contributed by atoms with Gasteiger partial charge < -0.3 is 14.9 Å². The molecule has 5 heteroatoms. The molecule has 2 N–H and O–H groups in total. The lowest BCUT2D eigenvalue weighted by atomic mass is 9.46. The van der Waals surface area contributed by atoms with Gasteiger partial charge in [-0.05, 0) is 81.6 Å². The number of aliphatic hydroxyl groups excluding tert-OH is 1. The van der Waals surface area contributed by atoms with Crippen LogP contribution >= 0.6 is 0 Å². The van der Waals surface area contributed by atoms with Crippen molar-refractivity contribution in [1.82, 2.24) is 0 Å². The molecule has 0 saturated heterocycles. The average molecular weight is 455 g/mol. The number of ether oxygens (including phenoxy) is 1. The number of hydrogen-bond acceptors (Lipinski definition) is 5. The molecule has 33 heavy (non-hydrogen) atoms. The molecular formula is C28H38O5. The van der Waals surface area contributed by atoms with Gasteiger partial charge in [0.15, 0.2) is 5.78 Å². The number of esters is 1. The molecule has 180 valence electrons. The predicted molar refractivity (Wildman–Crippen MR) is 125 cm³/mol. The Morgan fingerprint density at radius 2 is 1.91 bits per heavy atom. The molecule has 5 aliphatic rings. The van der Waals surface area contributed by atoms with E-state index in [1.807, 2.05) is 19.9 Å². The van der Waals surface area contributed by atoms with Gasteiger partial charge in [-0.3, -0.25) is 4.79 Å². The largest absolute Gasteiger partial charge is 0.458 e. The van der Waals surface area contributed by atoms with E-state index in [-0.39, 0.29) is 29.8 Å². The number of carbonyl (C=O) groups is 2. The zero-order valence-electron chi connectivity index (χ0n) is 20.4. The Labute approximate surface area is 197 Å². The molecule has 4 aliphatic carbocycles. The van der Waals surface area contributed by atoms with Crippen LogP contribution in [0, 0.1) is 34.5 Å². The summed E-state index contributed by atoms with van der Waals surface area (Å²) in [6.45, 7) is 8.01. The number of aliphatic hydroxyl groups is 2. The average Bonchev–Trinajstić information content (AvgIpc) is 3.06. The highest BCUT2D eigenvalue weighted by molar-refractivity contribution is 5.98. The highest BCUT2D eigenvalue weighted by atomic mass is 16.5. The lowest BCUT2D eigenvalue weighted by molar-refractivity contribution is -0.181. The lowest BCUT2D eigenvalue weighted by Gasteiger charge is -2.58. The molecule has 8 unspecified atom stereocenters. The van der Waals surface area contributed by atoms with Gasteiger partial charge in [-0.25, -0.2) is 4.79 Å². The zero-order chi connectivity index (χ0) is 23.8. The minimum Gasteiger partial charge on any atom is -0.458 e. The summed E-state index contributed by atoms with van der Waals surface area (Å²) in [6, 6.07) is 0. The van der Waals surface area contributed by atoms with Gasteiger partial charge in [0.2, 0.25) is 0 Å². The third-order valence-electron chi connectivity index (χ3n) is 10.8. The fourth-order valence-corrected chi connectivity index (χ4v) is 8.60. The van der Waals surface area contributed by atoms with Crippen molar-refractivity contribution in [2.24, 2.45) is 34.5 Å². The zero-order valence-corrected chi connectivity index (χ0v) is 20.4. The van der Waals surface area contributed by atoms with Gasteiger partial charge in [-0.1, -0.05) is 37.1 Å². The van der Waals surface area contributed by atoms with E-state index in [1.54, 1.807) is 6.08 Å². The molecule has 0 radical (unpaired) electrons. The Kier molecular flexibility index (Phi) is 5.34. The van der Waals surface area contributed by atoms with Gasteiger partial charge in [-0.2, -0.15) is 0 Å². The molecule has 1 aliphatic heterocycles. The SMILES string of the molecule is CC1=C(CO)C(=O)OC(C(C)C2(O)CCC3C4CC=C5CC=CC(=O)C5(C)C4CCC32C)C1. The van der Waals surface area contributed by atoms with Crippen LogP contribution in [0.1, 0.15) is 72.6 Å². The van der Waals surface area contributed by atoms with Gasteiger partial charge in [0.25, 0.3) is 0 Å². The molecule has 1 heterocycles. The van der Waals surface area contributed by atoms with E-state index < -0.39 is 17.0 Å². The van der Waals surface area contributed by atoms with Crippen molar-refractivity contribution in [3.05, 3.63) is 34.9 Å². The summed E-state index contributed by atoms with van der Waals surface area (Å²) < 4.78 is 5.75. The Morgan fingerprint density at radius 3 is 2.61 bits per heavy atom. The maximum absolute atomic E-state index is 13.1. The van der Waals surface area contributed by atoms with Gasteiger partial charge in [0.05, 0.1) is 23.2 Å². The summed E-state index contributed by atoms with van der Waals surface area (Å²) in [5.74, 6) is 0.665. The number of rotatable bonds is 3. The molecule has 0 aromatic rings.